The van der Waals surface area contributed by atoms with Gasteiger partial charge < -0.3 is 19.5 Å². The van der Waals surface area contributed by atoms with Crippen molar-refractivity contribution in [1.82, 2.24) is 14.1 Å². The van der Waals surface area contributed by atoms with Crippen molar-refractivity contribution in [2.45, 2.75) is 11.8 Å². The molecule has 210 valence electrons. The fourth-order valence-electron chi connectivity index (χ4n) is 4.16. The molecule has 1 fully saturated rings. The number of hydrogen-bond donors (Lipinski definition) is 1. The van der Waals surface area contributed by atoms with Crippen molar-refractivity contribution in [3.63, 3.8) is 0 Å². The molecule has 0 bridgehead atoms. The van der Waals surface area contributed by atoms with Gasteiger partial charge in [-0.25, -0.2) is 22.3 Å². The number of halogens is 1. The molecule has 2 aromatic heterocycles. The molecule has 0 spiro atoms. The molecule has 1 aliphatic rings. The highest BCUT2D eigenvalue weighted by Gasteiger charge is 2.27. The van der Waals surface area contributed by atoms with E-state index in [-0.39, 0.29) is 40.1 Å². The summed E-state index contributed by atoms with van der Waals surface area (Å²) in [5.41, 5.74) is 1.54. The number of benzene rings is 2. The van der Waals surface area contributed by atoms with Gasteiger partial charge in [-0.15, -0.1) is 11.3 Å². The Labute approximate surface area is 233 Å². The summed E-state index contributed by atoms with van der Waals surface area (Å²) in [6.07, 6.45) is 0. The van der Waals surface area contributed by atoms with E-state index in [0.717, 1.165) is 16.7 Å². The molecule has 2 aromatic carbocycles. The Hall–Kier alpha value is -3.85. The van der Waals surface area contributed by atoms with E-state index in [1.807, 2.05) is 0 Å². The summed E-state index contributed by atoms with van der Waals surface area (Å²) >= 11 is 1.14. The molecular weight excluding hydrogens is 563 g/mol. The zero-order valence-corrected chi connectivity index (χ0v) is 23.2. The van der Waals surface area contributed by atoms with E-state index in [2.05, 4.69) is 10.4 Å². The van der Waals surface area contributed by atoms with Gasteiger partial charge in [0.1, 0.15) is 21.3 Å². The summed E-state index contributed by atoms with van der Waals surface area (Å²) in [5, 5.41) is 7.79. The molecule has 1 N–H and O–H groups in total. The van der Waals surface area contributed by atoms with Crippen LogP contribution in [0.3, 0.4) is 0 Å². The molecule has 1 amide bonds. The minimum atomic E-state index is -3.75. The predicted molar refractivity (Wildman–Crippen MR) is 145 cm³/mol. The first-order chi connectivity index (χ1) is 19.2. The lowest BCUT2D eigenvalue weighted by atomic mass is 10.3. The number of carbonyl (C=O) groups is 2. The molecule has 0 aliphatic carbocycles. The molecule has 0 atom stereocenters. The monoisotopic (exact) mass is 588 g/mol. The average Bonchev–Trinajstić information content (AvgIpc) is 3.53. The minimum absolute atomic E-state index is 0.0231. The molecular formula is C26H25FN4O7S2. The molecule has 4 aromatic rings. The van der Waals surface area contributed by atoms with Crippen molar-refractivity contribution in [1.29, 1.82) is 0 Å². The second-order valence-corrected chi connectivity index (χ2v) is 11.8. The smallest absolute Gasteiger partial charge is 0.348 e. The van der Waals surface area contributed by atoms with Gasteiger partial charge in [-0.2, -0.15) is 9.40 Å². The second kappa shape index (κ2) is 11.3. The van der Waals surface area contributed by atoms with Gasteiger partial charge in [0.25, 0.3) is 5.91 Å². The molecule has 3 heterocycles. The van der Waals surface area contributed by atoms with Crippen LogP contribution in [-0.2, 0) is 24.3 Å². The lowest BCUT2D eigenvalue weighted by Crippen LogP contribution is -2.40. The third-order valence-electron chi connectivity index (χ3n) is 6.21. The molecule has 0 unspecified atom stereocenters. The highest BCUT2D eigenvalue weighted by molar-refractivity contribution is 7.89. The van der Waals surface area contributed by atoms with Crippen LogP contribution in [0.2, 0.25) is 0 Å². The van der Waals surface area contributed by atoms with Gasteiger partial charge in [0.2, 0.25) is 10.0 Å². The lowest BCUT2D eigenvalue weighted by Gasteiger charge is -2.26. The van der Waals surface area contributed by atoms with Crippen LogP contribution < -0.4 is 10.1 Å². The van der Waals surface area contributed by atoms with Gasteiger partial charge in [-0.3, -0.25) is 4.79 Å². The molecule has 0 saturated carbocycles. The normalized spacial score (nSPS) is 14.3. The Kier molecular flexibility index (Phi) is 7.85. The topological polar surface area (TPSA) is 129 Å². The molecule has 1 aliphatic heterocycles. The third kappa shape index (κ3) is 5.56. The number of nitrogens with zero attached hydrogens (tertiary/aromatic N) is 3. The van der Waals surface area contributed by atoms with Crippen molar-refractivity contribution in [3.05, 3.63) is 64.9 Å². The average molecular weight is 589 g/mol. The van der Waals surface area contributed by atoms with Gasteiger partial charge in [-0.05, 0) is 49.4 Å². The molecule has 14 heteroatoms. The molecule has 5 rings (SSSR count). The first-order valence-corrected chi connectivity index (χ1v) is 14.4. The number of sulfonamides is 1. The number of anilines is 1. The van der Waals surface area contributed by atoms with E-state index in [9.17, 15) is 22.4 Å². The Morgan fingerprint density at radius 2 is 1.85 bits per heavy atom. The largest absolute Gasteiger partial charge is 0.495 e. The maximum Gasteiger partial charge on any atom is 0.348 e. The number of thiophene rings is 1. The first-order valence-electron chi connectivity index (χ1n) is 12.2. The minimum Gasteiger partial charge on any atom is -0.495 e. The van der Waals surface area contributed by atoms with Crippen LogP contribution in [0.15, 0.2) is 53.4 Å². The van der Waals surface area contributed by atoms with Crippen LogP contribution in [0.4, 0.5) is 10.1 Å². The summed E-state index contributed by atoms with van der Waals surface area (Å²) in [6.45, 7) is 2.35. The molecule has 0 radical (unpaired) electrons. The van der Waals surface area contributed by atoms with Crippen LogP contribution in [0.5, 0.6) is 5.75 Å². The number of esters is 1. The van der Waals surface area contributed by atoms with Gasteiger partial charge >= 0.3 is 5.97 Å². The Bertz CT molecular complexity index is 1680. The number of hydrogen-bond acceptors (Lipinski definition) is 9. The summed E-state index contributed by atoms with van der Waals surface area (Å²) in [7, 11) is -2.40. The summed E-state index contributed by atoms with van der Waals surface area (Å²) in [4.78, 5) is 26.3. The van der Waals surface area contributed by atoms with E-state index < -0.39 is 28.5 Å². The number of rotatable bonds is 8. The Balaban J connectivity index is 1.25. The quantitative estimate of drug-likeness (QED) is 0.310. The lowest BCUT2D eigenvalue weighted by molar-refractivity contribution is -0.119. The number of aryl methyl sites for hydroxylation is 1. The number of ether oxygens (including phenoxy) is 3. The number of carbonyl (C=O) groups excluding carboxylic acids is 2. The zero-order valence-electron chi connectivity index (χ0n) is 21.5. The number of fused-ring (bicyclic) bond motifs is 1. The van der Waals surface area contributed by atoms with Crippen LogP contribution in [0.25, 0.3) is 15.9 Å². The van der Waals surface area contributed by atoms with Crippen molar-refractivity contribution in [2.75, 3.05) is 45.3 Å². The van der Waals surface area contributed by atoms with Crippen LogP contribution in [-0.4, -0.2) is 74.4 Å². The number of amides is 1. The SMILES string of the molecule is COc1cc(S(=O)(=O)N2CCOCC2)ccc1NC(=O)COC(=O)c1cc2c(C)nn(-c3ccc(F)cc3)c2s1. The van der Waals surface area contributed by atoms with Gasteiger partial charge in [0.15, 0.2) is 6.61 Å². The highest BCUT2D eigenvalue weighted by Crippen LogP contribution is 2.32. The number of aromatic nitrogens is 2. The summed E-state index contributed by atoms with van der Waals surface area (Å²) in [5.74, 6) is -1.56. The molecule has 1 saturated heterocycles. The van der Waals surface area contributed by atoms with Crippen LogP contribution >= 0.6 is 11.3 Å². The second-order valence-electron chi connectivity index (χ2n) is 8.81. The van der Waals surface area contributed by atoms with Gasteiger partial charge in [0, 0.05) is 24.5 Å². The van der Waals surface area contributed by atoms with Gasteiger partial charge in [0.05, 0.1) is 42.3 Å². The number of methoxy groups -OCH3 is 1. The van der Waals surface area contributed by atoms with Crippen molar-refractivity contribution >= 4 is 49.1 Å². The van der Waals surface area contributed by atoms with Crippen molar-refractivity contribution in [3.8, 4) is 11.4 Å². The zero-order chi connectivity index (χ0) is 28.4. The van der Waals surface area contributed by atoms with E-state index in [4.69, 9.17) is 14.2 Å². The fraction of sp³-hybridized carbons (Fsp3) is 0.269. The highest BCUT2D eigenvalue weighted by atomic mass is 32.2. The first kappa shape index (κ1) is 27.7. The van der Waals surface area contributed by atoms with Gasteiger partial charge in [-0.1, -0.05) is 0 Å². The standard InChI is InChI=1S/C26H25FN4O7S2/c1-16-20-14-23(39-25(20)31(29-16)18-5-3-17(27)4-6-18)26(33)38-15-24(32)28-21-8-7-19(13-22(21)36-2)40(34,35)30-9-11-37-12-10-30/h3-8,13-14H,9-12,15H2,1-2H3,(H,28,32). The fourth-order valence-corrected chi connectivity index (χ4v) is 6.67. The molecule has 11 nitrogen and oxygen atoms in total. The predicted octanol–water partition coefficient (Wildman–Crippen LogP) is 3.36. The Morgan fingerprint density at radius 3 is 2.55 bits per heavy atom. The maximum absolute atomic E-state index is 13.3. The number of morpholine rings is 1. The maximum atomic E-state index is 13.3. The molecule has 40 heavy (non-hydrogen) atoms. The number of nitrogens with one attached hydrogen (secondary N) is 1. The third-order valence-corrected chi connectivity index (χ3v) is 9.19. The van der Waals surface area contributed by atoms with E-state index >= 15 is 0 Å². The summed E-state index contributed by atoms with van der Waals surface area (Å²) < 4.78 is 57.9. The Morgan fingerprint density at radius 1 is 1.12 bits per heavy atom. The van der Waals surface area contributed by atoms with E-state index in [1.54, 1.807) is 29.8 Å². The van der Waals surface area contributed by atoms with E-state index in [1.165, 1.54) is 41.7 Å². The van der Waals surface area contributed by atoms with Crippen molar-refractivity contribution in [2.24, 2.45) is 0 Å². The van der Waals surface area contributed by atoms with Crippen molar-refractivity contribution < 1.29 is 36.6 Å². The van der Waals surface area contributed by atoms with Crippen LogP contribution in [0.1, 0.15) is 15.4 Å². The summed E-state index contributed by atoms with van der Waals surface area (Å²) in [6, 6.07) is 11.6. The van der Waals surface area contributed by atoms with E-state index in [0.29, 0.717) is 29.4 Å². The van der Waals surface area contributed by atoms with Crippen LogP contribution in [0, 0.1) is 12.7 Å².